The van der Waals surface area contributed by atoms with E-state index in [1.54, 1.807) is 0 Å². The van der Waals surface area contributed by atoms with Gasteiger partial charge in [-0.3, -0.25) is 0 Å². The van der Waals surface area contributed by atoms with Gasteiger partial charge >= 0.3 is 0 Å². The Labute approximate surface area is 95.4 Å². The molecule has 1 aromatic rings. The van der Waals surface area contributed by atoms with Crippen LogP contribution in [0.25, 0.3) is 0 Å². The molecule has 13 heavy (non-hydrogen) atoms. The van der Waals surface area contributed by atoms with Crippen LogP contribution in [-0.4, -0.2) is 8.66 Å². The molecule has 0 heterocycles. The van der Waals surface area contributed by atoms with Crippen molar-refractivity contribution < 1.29 is 0 Å². The van der Waals surface area contributed by atoms with Gasteiger partial charge in [-0.2, -0.15) is 0 Å². The lowest BCUT2D eigenvalue weighted by molar-refractivity contribution is 0.921. The van der Waals surface area contributed by atoms with Crippen LogP contribution in [0.2, 0.25) is 0 Å². The highest BCUT2D eigenvalue weighted by Crippen LogP contribution is 2.77. The van der Waals surface area contributed by atoms with Gasteiger partial charge in [-0.1, -0.05) is 63.4 Å². The summed E-state index contributed by atoms with van der Waals surface area (Å²) in [5.74, 6) is 0.277. The van der Waals surface area contributed by atoms with E-state index in [2.05, 4.69) is 34.1 Å². The molecule has 68 valence electrons. The van der Waals surface area contributed by atoms with Crippen molar-refractivity contribution in [3.05, 3.63) is 35.4 Å². The Morgan fingerprint density at radius 3 is 2.77 bits per heavy atom. The minimum atomic E-state index is -0.596. The fourth-order valence-corrected chi connectivity index (χ4v) is 4.46. The van der Waals surface area contributed by atoms with E-state index in [1.165, 1.54) is 11.1 Å². The van der Waals surface area contributed by atoms with E-state index in [4.69, 9.17) is 23.2 Å². The number of rotatable bonds is 0. The van der Waals surface area contributed by atoms with Crippen LogP contribution >= 0.6 is 39.1 Å². The Morgan fingerprint density at radius 2 is 2.00 bits per heavy atom. The second-order valence-corrected chi connectivity index (χ2v) is 6.59. The van der Waals surface area contributed by atoms with Crippen LogP contribution in [0, 0.1) is 0 Å². The van der Waals surface area contributed by atoms with Crippen LogP contribution < -0.4 is 0 Å². The molecule has 2 aliphatic carbocycles. The van der Waals surface area contributed by atoms with E-state index in [0.29, 0.717) is 0 Å². The number of fused-ring (bicyclic) bond motifs is 3. The molecule has 1 aromatic carbocycles. The number of hydrogen-bond acceptors (Lipinski definition) is 0. The van der Waals surface area contributed by atoms with E-state index >= 15 is 0 Å². The molecule has 3 heteroatoms. The Bertz CT molecular complexity index is 388. The van der Waals surface area contributed by atoms with Gasteiger partial charge in [0.1, 0.15) is 4.33 Å². The quantitative estimate of drug-likeness (QED) is 0.635. The normalized spacial score (nSPS) is 38.2. The maximum Gasteiger partial charge on any atom is 0.142 e. The summed E-state index contributed by atoms with van der Waals surface area (Å²) in [5, 5.41) is 0. The Morgan fingerprint density at radius 1 is 1.31 bits per heavy atom. The Hall–Kier alpha value is 0.280. The first-order valence-electron chi connectivity index (χ1n) is 4.22. The molecule has 0 N–H and O–H groups in total. The van der Waals surface area contributed by atoms with Crippen LogP contribution in [0.3, 0.4) is 0 Å². The molecule has 0 aliphatic heterocycles. The first-order valence-corrected chi connectivity index (χ1v) is 5.77. The zero-order valence-corrected chi connectivity index (χ0v) is 9.83. The van der Waals surface area contributed by atoms with E-state index < -0.39 is 4.33 Å². The topological polar surface area (TPSA) is 0 Å². The third-order valence-electron chi connectivity index (χ3n) is 3.10. The summed E-state index contributed by atoms with van der Waals surface area (Å²) < 4.78 is -0.686. The Kier molecular flexibility index (Phi) is 1.49. The zero-order valence-electron chi connectivity index (χ0n) is 6.73. The summed E-state index contributed by atoms with van der Waals surface area (Å²) in [6.07, 6.45) is 0.945. The average Bonchev–Trinajstić information content (AvgIpc) is 2.40. The Balaban J connectivity index is 2.16. The third kappa shape index (κ3) is 0.841. The summed E-state index contributed by atoms with van der Waals surface area (Å²) in [6.45, 7) is 0. The van der Waals surface area contributed by atoms with Crippen LogP contribution in [-0.2, 0) is 6.42 Å². The summed E-state index contributed by atoms with van der Waals surface area (Å²) in [7, 11) is 0. The molecule has 1 saturated carbocycles. The van der Waals surface area contributed by atoms with Crippen molar-refractivity contribution in [1.82, 2.24) is 0 Å². The standard InChI is InChI=1S/C10H7BrCl2/c11-9-5-6-3-1-2-4-7(6)8(9)10(9,12)13/h1-4,8H,5H2. The fraction of sp³-hybridized carbons (Fsp3) is 0.400. The molecule has 0 spiro atoms. The SMILES string of the molecule is ClC1(Cl)C2c3ccccc3CC21Br. The maximum atomic E-state index is 6.20. The predicted octanol–water partition coefficient (Wildman–Crippen LogP) is 3.65. The summed E-state index contributed by atoms with van der Waals surface area (Å²) in [6, 6.07) is 8.37. The molecule has 3 rings (SSSR count). The van der Waals surface area contributed by atoms with Crippen molar-refractivity contribution in [1.29, 1.82) is 0 Å². The molecule has 0 radical (unpaired) electrons. The first-order chi connectivity index (χ1) is 6.07. The summed E-state index contributed by atoms with van der Waals surface area (Å²) in [5.41, 5.74) is 2.69. The fourth-order valence-electron chi connectivity index (χ4n) is 2.34. The first kappa shape index (κ1) is 8.58. The predicted molar refractivity (Wildman–Crippen MR) is 59.0 cm³/mol. The molecule has 2 atom stereocenters. The average molecular weight is 278 g/mol. The summed E-state index contributed by atoms with van der Waals surface area (Å²) in [4.78, 5) is 0. The largest absolute Gasteiger partial charge is 0.142 e. The van der Waals surface area contributed by atoms with Crippen molar-refractivity contribution in [3.63, 3.8) is 0 Å². The highest BCUT2D eigenvalue weighted by Gasteiger charge is 2.78. The monoisotopic (exact) mass is 276 g/mol. The minimum Gasteiger partial charge on any atom is -0.0993 e. The lowest BCUT2D eigenvalue weighted by Gasteiger charge is -2.09. The van der Waals surface area contributed by atoms with Crippen molar-refractivity contribution in [2.24, 2.45) is 0 Å². The van der Waals surface area contributed by atoms with Crippen LogP contribution in [0.1, 0.15) is 17.0 Å². The van der Waals surface area contributed by atoms with Gasteiger partial charge in [-0.25, -0.2) is 0 Å². The lowest BCUT2D eigenvalue weighted by atomic mass is 10.1. The number of halogens is 3. The van der Waals surface area contributed by atoms with E-state index in [9.17, 15) is 0 Å². The van der Waals surface area contributed by atoms with E-state index in [0.717, 1.165) is 6.42 Å². The molecular weight excluding hydrogens is 271 g/mol. The van der Waals surface area contributed by atoms with Gasteiger partial charge in [0, 0.05) is 5.92 Å². The second-order valence-electron chi connectivity index (χ2n) is 3.79. The van der Waals surface area contributed by atoms with Crippen LogP contribution in [0.4, 0.5) is 0 Å². The molecule has 0 aromatic heterocycles. The molecule has 0 bridgehead atoms. The lowest BCUT2D eigenvalue weighted by Crippen LogP contribution is -2.11. The molecule has 2 unspecified atom stereocenters. The van der Waals surface area contributed by atoms with Gasteiger partial charge < -0.3 is 0 Å². The molecule has 0 amide bonds. The molecule has 2 aliphatic rings. The van der Waals surface area contributed by atoms with E-state index in [1.807, 2.05) is 6.07 Å². The van der Waals surface area contributed by atoms with Gasteiger partial charge in [0.2, 0.25) is 0 Å². The summed E-state index contributed by atoms with van der Waals surface area (Å²) >= 11 is 16.0. The highest BCUT2D eigenvalue weighted by atomic mass is 79.9. The molecule has 0 nitrogen and oxygen atoms in total. The smallest absolute Gasteiger partial charge is 0.0993 e. The van der Waals surface area contributed by atoms with E-state index in [-0.39, 0.29) is 10.2 Å². The number of hydrogen-bond donors (Lipinski definition) is 0. The van der Waals surface area contributed by atoms with Gasteiger partial charge in [-0.05, 0) is 17.5 Å². The van der Waals surface area contributed by atoms with Gasteiger partial charge in [0.05, 0.1) is 4.32 Å². The second kappa shape index (κ2) is 2.26. The zero-order chi connectivity index (χ0) is 9.27. The van der Waals surface area contributed by atoms with Crippen LogP contribution in [0.5, 0.6) is 0 Å². The van der Waals surface area contributed by atoms with Crippen molar-refractivity contribution in [2.75, 3.05) is 0 Å². The molecular formula is C10H7BrCl2. The van der Waals surface area contributed by atoms with Gasteiger partial charge in [0.15, 0.2) is 0 Å². The maximum absolute atomic E-state index is 6.20. The van der Waals surface area contributed by atoms with Gasteiger partial charge in [0.25, 0.3) is 0 Å². The van der Waals surface area contributed by atoms with Crippen molar-refractivity contribution in [3.8, 4) is 0 Å². The van der Waals surface area contributed by atoms with Crippen molar-refractivity contribution in [2.45, 2.75) is 21.0 Å². The van der Waals surface area contributed by atoms with Crippen molar-refractivity contribution >= 4 is 39.1 Å². The van der Waals surface area contributed by atoms with Crippen LogP contribution in [0.15, 0.2) is 24.3 Å². The minimum absolute atomic E-state index is 0.0905. The third-order valence-corrected chi connectivity index (χ3v) is 6.04. The van der Waals surface area contributed by atoms with Gasteiger partial charge in [-0.15, -0.1) is 0 Å². The number of alkyl halides is 3. The molecule has 0 saturated heterocycles. The number of benzene rings is 1. The molecule has 1 fully saturated rings. The highest BCUT2D eigenvalue weighted by molar-refractivity contribution is 9.10.